The normalized spacial score (nSPS) is 17.0. The Balaban J connectivity index is 1.57. The third-order valence-electron chi connectivity index (χ3n) is 8.50. The second-order valence-electron chi connectivity index (χ2n) is 13.7. The van der Waals surface area contributed by atoms with Gasteiger partial charge < -0.3 is 26.2 Å². The highest BCUT2D eigenvalue weighted by molar-refractivity contribution is 5.92. The molecule has 0 aliphatic carbocycles. The number of aliphatic hydroxyl groups is 1. The summed E-state index contributed by atoms with van der Waals surface area (Å²) in [4.78, 5) is 53.1. The van der Waals surface area contributed by atoms with Crippen molar-refractivity contribution in [3.8, 4) is 0 Å². The summed E-state index contributed by atoms with van der Waals surface area (Å²) in [6.07, 6.45) is -0.701. The maximum absolute atomic E-state index is 14.1. The number of nitrogens with one attached hydrogen (secondary N) is 3. The van der Waals surface area contributed by atoms with E-state index in [1.54, 1.807) is 13.8 Å². The first kappa shape index (κ1) is 37.1. The first-order valence-electron chi connectivity index (χ1n) is 16.8. The highest BCUT2D eigenvalue weighted by atomic mass is 16.6. The molecule has 262 valence electrons. The molecule has 3 aromatic carbocycles. The second-order valence-corrected chi connectivity index (χ2v) is 13.7. The molecule has 1 fully saturated rings. The van der Waals surface area contributed by atoms with Crippen LogP contribution in [0.3, 0.4) is 0 Å². The fraction of sp³-hybridized carbons (Fsp3) is 0.421. The molecule has 6 N–H and O–H groups in total. The van der Waals surface area contributed by atoms with Crippen LogP contribution in [0.25, 0.3) is 0 Å². The summed E-state index contributed by atoms with van der Waals surface area (Å²) in [7, 11) is 0. The van der Waals surface area contributed by atoms with Gasteiger partial charge in [0.15, 0.2) is 5.72 Å². The highest BCUT2D eigenvalue weighted by Gasteiger charge is 2.44. The van der Waals surface area contributed by atoms with Gasteiger partial charge in [-0.25, -0.2) is 9.80 Å². The molecule has 0 saturated carbocycles. The molecule has 0 spiro atoms. The number of nitrogens with zero attached hydrogens (tertiary/aromatic N) is 1. The lowest BCUT2D eigenvalue weighted by Gasteiger charge is -2.33. The van der Waals surface area contributed by atoms with Gasteiger partial charge in [0, 0.05) is 12.3 Å². The van der Waals surface area contributed by atoms with Crippen molar-refractivity contribution in [1.29, 1.82) is 0 Å². The molecule has 4 amide bonds. The van der Waals surface area contributed by atoms with Crippen LogP contribution in [0.15, 0.2) is 91.0 Å². The van der Waals surface area contributed by atoms with Gasteiger partial charge in [-0.15, -0.1) is 0 Å². The summed E-state index contributed by atoms with van der Waals surface area (Å²) >= 11 is 0. The standard InChI is InChI=1S/C38H49N5O6/c1-25(2)20-31(36(47)40-30(34(39)45)22-27-16-10-6-11-17-27)41-35(46)29(21-26-14-8-5-9-15-26)24-33(44)32(23-28-18-12-7-13-19-28)43-37(48)49-38(3,4)42-43/h5-19,25,29-33,42,44H,20-24H2,1-4H3,(H2,39,45)(H,40,47)(H,41,46)/t29-,30+,31+,32+,33-/m1/s1. The minimum atomic E-state index is -1.16. The lowest BCUT2D eigenvalue weighted by molar-refractivity contribution is -0.133. The van der Waals surface area contributed by atoms with Gasteiger partial charge in [-0.2, -0.15) is 5.43 Å². The molecule has 1 aliphatic heterocycles. The predicted octanol–water partition coefficient (Wildman–Crippen LogP) is 3.64. The third-order valence-corrected chi connectivity index (χ3v) is 8.50. The number of hydrazine groups is 1. The van der Waals surface area contributed by atoms with E-state index in [4.69, 9.17) is 10.5 Å². The van der Waals surface area contributed by atoms with E-state index in [1.807, 2.05) is 105 Å². The Morgan fingerprint density at radius 2 is 1.27 bits per heavy atom. The summed E-state index contributed by atoms with van der Waals surface area (Å²) in [5, 5.41) is 18.8. The van der Waals surface area contributed by atoms with Crippen molar-refractivity contribution in [2.24, 2.45) is 17.6 Å². The molecular weight excluding hydrogens is 622 g/mol. The van der Waals surface area contributed by atoms with Crippen molar-refractivity contribution < 1.29 is 29.0 Å². The fourth-order valence-electron chi connectivity index (χ4n) is 6.07. The van der Waals surface area contributed by atoms with Crippen LogP contribution in [0.2, 0.25) is 0 Å². The van der Waals surface area contributed by atoms with E-state index < -0.39 is 59.7 Å². The number of ether oxygens (including phenoxy) is 1. The number of rotatable bonds is 17. The van der Waals surface area contributed by atoms with E-state index in [9.17, 15) is 24.3 Å². The SMILES string of the molecule is CC(C)C[C@H](NC(=O)[C@H](Cc1ccccc1)C[C@@H](O)[C@H](Cc1ccccc1)N1NC(C)(C)OC1=O)C(=O)N[C@@H](Cc1ccccc1)C(N)=O. The van der Waals surface area contributed by atoms with E-state index in [0.29, 0.717) is 12.8 Å². The van der Waals surface area contributed by atoms with Gasteiger partial charge in [0.05, 0.1) is 12.1 Å². The summed E-state index contributed by atoms with van der Waals surface area (Å²) in [5.41, 5.74) is 10.3. The van der Waals surface area contributed by atoms with Crippen LogP contribution >= 0.6 is 0 Å². The molecule has 11 nitrogen and oxygen atoms in total. The van der Waals surface area contributed by atoms with Gasteiger partial charge in [0.2, 0.25) is 17.7 Å². The molecular formula is C38H49N5O6. The molecule has 49 heavy (non-hydrogen) atoms. The molecule has 0 aromatic heterocycles. The maximum Gasteiger partial charge on any atom is 0.426 e. The lowest BCUT2D eigenvalue weighted by atomic mass is 9.88. The zero-order valence-corrected chi connectivity index (χ0v) is 28.7. The number of benzene rings is 3. The van der Waals surface area contributed by atoms with E-state index in [0.717, 1.165) is 16.7 Å². The number of cyclic esters (lactones) is 1. The molecule has 0 bridgehead atoms. The predicted molar refractivity (Wildman–Crippen MR) is 186 cm³/mol. The summed E-state index contributed by atoms with van der Waals surface area (Å²) in [6, 6.07) is 25.4. The van der Waals surface area contributed by atoms with Gasteiger partial charge in [-0.1, -0.05) is 105 Å². The zero-order chi connectivity index (χ0) is 35.6. The molecule has 4 rings (SSSR count). The molecule has 1 saturated heterocycles. The van der Waals surface area contributed by atoms with Crippen LogP contribution in [-0.2, 0) is 38.4 Å². The smallest absolute Gasteiger partial charge is 0.426 e. The zero-order valence-electron chi connectivity index (χ0n) is 28.7. The van der Waals surface area contributed by atoms with Crippen LogP contribution in [0.5, 0.6) is 0 Å². The van der Waals surface area contributed by atoms with Crippen LogP contribution in [-0.4, -0.2) is 63.9 Å². The Kier molecular flexibility index (Phi) is 12.9. The van der Waals surface area contributed by atoms with E-state index >= 15 is 0 Å². The van der Waals surface area contributed by atoms with Crippen LogP contribution in [0, 0.1) is 11.8 Å². The average molecular weight is 672 g/mol. The molecule has 1 heterocycles. The number of carbonyl (C=O) groups is 4. The van der Waals surface area contributed by atoms with Gasteiger partial charge in [-0.3, -0.25) is 14.4 Å². The van der Waals surface area contributed by atoms with Gasteiger partial charge in [0.1, 0.15) is 12.1 Å². The van der Waals surface area contributed by atoms with Crippen molar-refractivity contribution in [2.45, 2.75) is 89.8 Å². The van der Waals surface area contributed by atoms with Crippen molar-refractivity contribution >= 4 is 23.8 Å². The number of hydrogen-bond donors (Lipinski definition) is 5. The number of nitrogens with two attached hydrogens (primary N) is 1. The van der Waals surface area contributed by atoms with Crippen molar-refractivity contribution in [1.82, 2.24) is 21.1 Å². The third kappa shape index (κ3) is 11.2. The summed E-state index contributed by atoms with van der Waals surface area (Å²) < 4.78 is 5.49. The quantitative estimate of drug-likeness (QED) is 0.146. The van der Waals surface area contributed by atoms with Crippen LogP contribution in [0.4, 0.5) is 4.79 Å². The molecule has 0 radical (unpaired) electrons. The average Bonchev–Trinajstić information content (AvgIpc) is 3.34. The van der Waals surface area contributed by atoms with Gasteiger partial charge >= 0.3 is 6.09 Å². The Morgan fingerprint density at radius 3 is 1.73 bits per heavy atom. The number of carbonyl (C=O) groups excluding carboxylic acids is 4. The van der Waals surface area contributed by atoms with Gasteiger partial charge in [0.25, 0.3) is 0 Å². The molecule has 11 heteroatoms. The Bertz CT molecular complexity index is 1540. The lowest BCUT2D eigenvalue weighted by Crippen LogP contribution is -2.56. The van der Waals surface area contributed by atoms with Crippen molar-refractivity contribution in [3.63, 3.8) is 0 Å². The number of amides is 4. The molecule has 1 aliphatic rings. The minimum absolute atomic E-state index is 0.0158. The van der Waals surface area contributed by atoms with Gasteiger partial charge in [-0.05, 0) is 62.1 Å². The monoisotopic (exact) mass is 671 g/mol. The first-order valence-corrected chi connectivity index (χ1v) is 16.8. The first-order chi connectivity index (χ1) is 23.3. The van der Waals surface area contributed by atoms with Crippen LogP contribution in [0.1, 0.15) is 57.2 Å². The Hall–Kier alpha value is -4.74. The van der Waals surface area contributed by atoms with Crippen LogP contribution < -0.4 is 21.8 Å². The van der Waals surface area contributed by atoms with E-state index in [2.05, 4.69) is 16.1 Å². The second kappa shape index (κ2) is 17.1. The summed E-state index contributed by atoms with van der Waals surface area (Å²) in [5.74, 6) is -2.38. The minimum Gasteiger partial charge on any atom is -0.426 e. The molecule has 5 atom stereocenters. The topological polar surface area (TPSA) is 163 Å². The van der Waals surface area contributed by atoms with Crippen molar-refractivity contribution in [2.75, 3.05) is 0 Å². The summed E-state index contributed by atoms with van der Waals surface area (Å²) in [6.45, 7) is 7.30. The number of hydrogen-bond acceptors (Lipinski definition) is 7. The Morgan fingerprint density at radius 1 is 0.776 bits per heavy atom. The fourth-order valence-corrected chi connectivity index (χ4v) is 6.07. The number of aliphatic hydroxyl groups excluding tert-OH is 1. The van der Waals surface area contributed by atoms with E-state index in [-0.39, 0.29) is 25.2 Å². The molecule has 0 unspecified atom stereocenters. The maximum atomic E-state index is 14.1. The number of primary amides is 1. The Labute approximate surface area is 288 Å². The molecule has 3 aromatic rings. The van der Waals surface area contributed by atoms with E-state index in [1.165, 1.54) is 5.01 Å². The van der Waals surface area contributed by atoms with Crippen molar-refractivity contribution in [3.05, 3.63) is 108 Å². The highest BCUT2D eigenvalue weighted by Crippen LogP contribution is 2.26. The largest absolute Gasteiger partial charge is 0.426 e.